The third-order valence-corrected chi connectivity index (χ3v) is 2.75. The van der Waals surface area contributed by atoms with E-state index in [9.17, 15) is 9.18 Å². The summed E-state index contributed by atoms with van der Waals surface area (Å²) in [5.41, 5.74) is 6.60. The number of carbonyl (C=O) groups is 1. The zero-order chi connectivity index (χ0) is 13.0. The van der Waals surface area contributed by atoms with Gasteiger partial charge in [-0.3, -0.25) is 4.79 Å². The van der Waals surface area contributed by atoms with Crippen molar-refractivity contribution < 1.29 is 9.18 Å². The summed E-state index contributed by atoms with van der Waals surface area (Å²) in [4.78, 5) is 11.7. The highest BCUT2D eigenvalue weighted by atomic mass is 19.1. The van der Waals surface area contributed by atoms with Gasteiger partial charge in [0, 0.05) is 0 Å². The molecule has 4 heteroatoms. The summed E-state index contributed by atoms with van der Waals surface area (Å²) in [6, 6.07) is 5.37. The SMILES string of the molecule is CC(C)[C@@H](N)C(=O)N[C@@H](C)c1ccc(F)cc1. The zero-order valence-corrected chi connectivity index (χ0v) is 10.4. The van der Waals surface area contributed by atoms with Crippen molar-refractivity contribution >= 4 is 5.91 Å². The first-order valence-corrected chi connectivity index (χ1v) is 5.73. The van der Waals surface area contributed by atoms with E-state index in [4.69, 9.17) is 5.73 Å². The van der Waals surface area contributed by atoms with Gasteiger partial charge in [-0.25, -0.2) is 4.39 Å². The van der Waals surface area contributed by atoms with Crippen molar-refractivity contribution in [1.29, 1.82) is 0 Å². The minimum atomic E-state index is -0.516. The van der Waals surface area contributed by atoms with Crippen molar-refractivity contribution in [2.75, 3.05) is 0 Å². The molecule has 1 amide bonds. The Labute approximate surface area is 101 Å². The van der Waals surface area contributed by atoms with Gasteiger partial charge in [-0.15, -0.1) is 0 Å². The van der Waals surface area contributed by atoms with Crippen LogP contribution in [-0.4, -0.2) is 11.9 Å². The molecule has 0 saturated carbocycles. The number of benzene rings is 1. The molecule has 0 aromatic heterocycles. The monoisotopic (exact) mass is 238 g/mol. The predicted octanol–water partition coefficient (Wildman–Crippen LogP) is 1.99. The quantitative estimate of drug-likeness (QED) is 0.842. The van der Waals surface area contributed by atoms with E-state index in [0.717, 1.165) is 5.56 Å². The first-order valence-electron chi connectivity index (χ1n) is 5.73. The van der Waals surface area contributed by atoms with Crippen LogP contribution >= 0.6 is 0 Å². The maximum Gasteiger partial charge on any atom is 0.237 e. The number of rotatable bonds is 4. The average Bonchev–Trinajstić information content (AvgIpc) is 2.28. The number of amides is 1. The van der Waals surface area contributed by atoms with E-state index in [2.05, 4.69) is 5.32 Å². The van der Waals surface area contributed by atoms with Crippen LogP contribution in [0.4, 0.5) is 4.39 Å². The average molecular weight is 238 g/mol. The largest absolute Gasteiger partial charge is 0.348 e. The minimum absolute atomic E-state index is 0.0930. The third-order valence-electron chi connectivity index (χ3n) is 2.75. The van der Waals surface area contributed by atoms with Gasteiger partial charge in [0.05, 0.1) is 12.1 Å². The van der Waals surface area contributed by atoms with Crippen LogP contribution in [-0.2, 0) is 4.79 Å². The van der Waals surface area contributed by atoms with E-state index in [1.165, 1.54) is 12.1 Å². The van der Waals surface area contributed by atoms with Gasteiger partial charge in [0.2, 0.25) is 5.91 Å². The standard InChI is InChI=1S/C13H19FN2O/c1-8(2)12(15)13(17)16-9(3)10-4-6-11(14)7-5-10/h4-9,12H,15H2,1-3H3,(H,16,17)/t9-,12+/m0/s1. The molecule has 0 bridgehead atoms. The van der Waals surface area contributed by atoms with E-state index >= 15 is 0 Å². The molecular formula is C13H19FN2O. The number of nitrogens with one attached hydrogen (secondary N) is 1. The van der Waals surface area contributed by atoms with Gasteiger partial charge >= 0.3 is 0 Å². The first-order chi connectivity index (χ1) is 7.91. The molecule has 1 rings (SSSR count). The van der Waals surface area contributed by atoms with Gasteiger partial charge in [0.15, 0.2) is 0 Å². The molecule has 17 heavy (non-hydrogen) atoms. The fourth-order valence-corrected chi connectivity index (χ4v) is 1.45. The third kappa shape index (κ3) is 3.82. The lowest BCUT2D eigenvalue weighted by Gasteiger charge is -2.19. The van der Waals surface area contributed by atoms with Gasteiger partial charge in [0.25, 0.3) is 0 Å². The summed E-state index contributed by atoms with van der Waals surface area (Å²) in [5, 5.41) is 2.81. The number of halogens is 1. The highest BCUT2D eigenvalue weighted by Crippen LogP contribution is 2.13. The van der Waals surface area contributed by atoms with E-state index in [-0.39, 0.29) is 23.7 Å². The zero-order valence-electron chi connectivity index (χ0n) is 10.4. The van der Waals surface area contributed by atoms with Crippen LogP contribution in [0.25, 0.3) is 0 Å². The Morgan fingerprint density at radius 2 is 1.76 bits per heavy atom. The Morgan fingerprint density at radius 1 is 1.24 bits per heavy atom. The summed E-state index contributed by atoms with van der Waals surface area (Å²) in [6.45, 7) is 5.64. The summed E-state index contributed by atoms with van der Waals surface area (Å²) in [7, 11) is 0. The van der Waals surface area contributed by atoms with Crippen LogP contribution in [0, 0.1) is 11.7 Å². The molecule has 94 valence electrons. The maximum atomic E-state index is 12.7. The summed E-state index contributed by atoms with van der Waals surface area (Å²) in [6.07, 6.45) is 0. The van der Waals surface area contributed by atoms with Crippen LogP contribution < -0.4 is 11.1 Å². The van der Waals surface area contributed by atoms with E-state index in [1.54, 1.807) is 12.1 Å². The lowest BCUT2D eigenvalue weighted by atomic mass is 10.0. The van der Waals surface area contributed by atoms with Crippen LogP contribution in [0.1, 0.15) is 32.4 Å². The smallest absolute Gasteiger partial charge is 0.237 e. The highest BCUT2D eigenvalue weighted by molar-refractivity contribution is 5.82. The van der Waals surface area contributed by atoms with Crippen LogP contribution in [0.5, 0.6) is 0 Å². The summed E-state index contributed by atoms with van der Waals surface area (Å²) < 4.78 is 12.7. The normalized spacial score (nSPS) is 14.5. The molecule has 1 aromatic carbocycles. The highest BCUT2D eigenvalue weighted by Gasteiger charge is 2.19. The molecule has 0 spiro atoms. The predicted molar refractivity (Wildman–Crippen MR) is 65.8 cm³/mol. The Balaban J connectivity index is 2.63. The van der Waals surface area contributed by atoms with Crippen molar-refractivity contribution in [3.63, 3.8) is 0 Å². The second-order valence-corrected chi connectivity index (χ2v) is 4.55. The van der Waals surface area contributed by atoms with Crippen LogP contribution in [0.15, 0.2) is 24.3 Å². The molecule has 1 aromatic rings. The van der Waals surface area contributed by atoms with Gasteiger partial charge < -0.3 is 11.1 Å². The Kier molecular flexibility index (Phi) is 4.63. The second kappa shape index (κ2) is 5.77. The van der Waals surface area contributed by atoms with Crippen LogP contribution in [0.3, 0.4) is 0 Å². The van der Waals surface area contributed by atoms with Crippen molar-refractivity contribution in [2.45, 2.75) is 32.9 Å². The molecule has 3 N–H and O–H groups in total. The second-order valence-electron chi connectivity index (χ2n) is 4.55. The Morgan fingerprint density at radius 3 is 2.24 bits per heavy atom. The number of carbonyl (C=O) groups excluding carboxylic acids is 1. The molecule has 0 aliphatic heterocycles. The molecule has 0 fully saturated rings. The molecular weight excluding hydrogens is 219 g/mol. The molecule has 0 heterocycles. The van der Waals surface area contributed by atoms with Gasteiger partial charge in [0.1, 0.15) is 5.82 Å². The van der Waals surface area contributed by atoms with Crippen molar-refractivity contribution in [3.05, 3.63) is 35.6 Å². The summed E-state index contributed by atoms with van der Waals surface area (Å²) >= 11 is 0. The number of hydrogen-bond acceptors (Lipinski definition) is 2. The molecule has 3 nitrogen and oxygen atoms in total. The van der Waals surface area contributed by atoms with Crippen molar-refractivity contribution in [3.8, 4) is 0 Å². The fraction of sp³-hybridized carbons (Fsp3) is 0.462. The maximum absolute atomic E-state index is 12.7. The number of hydrogen-bond donors (Lipinski definition) is 2. The van der Waals surface area contributed by atoms with Crippen molar-refractivity contribution in [2.24, 2.45) is 11.7 Å². The Bertz CT molecular complexity index is 376. The molecule has 0 unspecified atom stereocenters. The minimum Gasteiger partial charge on any atom is -0.348 e. The molecule has 0 aliphatic carbocycles. The van der Waals surface area contributed by atoms with Gasteiger partial charge in [-0.2, -0.15) is 0 Å². The van der Waals surface area contributed by atoms with Gasteiger partial charge in [-0.05, 0) is 30.5 Å². The Hall–Kier alpha value is -1.42. The molecule has 0 radical (unpaired) electrons. The lowest BCUT2D eigenvalue weighted by molar-refractivity contribution is -0.123. The topological polar surface area (TPSA) is 55.1 Å². The number of nitrogens with two attached hydrogens (primary N) is 1. The first kappa shape index (κ1) is 13.6. The molecule has 0 aliphatic rings. The lowest BCUT2D eigenvalue weighted by Crippen LogP contribution is -2.44. The molecule has 0 saturated heterocycles. The summed E-state index contributed by atoms with van der Waals surface area (Å²) in [5.74, 6) is -0.376. The van der Waals surface area contributed by atoms with E-state index in [0.29, 0.717) is 0 Å². The van der Waals surface area contributed by atoms with E-state index < -0.39 is 6.04 Å². The van der Waals surface area contributed by atoms with Crippen LogP contribution in [0.2, 0.25) is 0 Å². The van der Waals surface area contributed by atoms with Gasteiger partial charge in [-0.1, -0.05) is 26.0 Å². The fourth-order valence-electron chi connectivity index (χ4n) is 1.45. The molecule has 2 atom stereocenters. The van der Waals surface area contributed by atoms with Crippen molar-refractivity contribution in [1.82, 2.24) is 5.32 Å². The van der Waals surface area contributed by atoms with E-state index in [1.807, 2.05) is 20.8 Å².